The number of carbonyl (C=O) groups is 2. The summed E-state index contributed by atoms with van der Waals surface area (Å²) >= 11 is 0. The van der Waals surface area contributed by atoms with E-state index in [2.05, 4.69) is 25.3 Å². The molecule has 0 unspecified atom stereocenters. The van der Waals surface area contributed by atoms with Crippen molar-refractivity contribution in [2.24, 2.45) is 5.73 Å². The van der Waals surface area contributed by atoms with E-state index in [1.165, 1.54) is 18.0 Å². The number of nitrogens with zero attached hydrogens (tertiary/aromatic N) is 4. The minimum atomic E-state index is -3.61. The van der Waals surface area contributed by atoms with Crippen molar-refractivity contribution in [3.8, 4) is 11.4 Å². The first kappa shape index (κ1) is 32.7. The van der Waals surface area contributed by atoms with Crippen LogP contribution in [0.4, 0.5) is 11.4 Å². The Morgan fingerprint density at radius 3 is 2.33 bits per heavy atom. The van der Waals surface area contributed by atoms with E-state index < -0.39 is 21.9 Å². The number of aryl methyl sites for hydroxylation is 1. The molecule has 0 aliphatic rings. The van der Waals surface area contributed by atoms with Crippen LogP contribution in [0.25, 0.3) is 5.69 Å². The number of aromatic nitrogens is 4. The lowest BCUT2D eigenvalue weighted by molar-refractivity contribution is 0.0690. The second kappa shape index (κ2) is 13.4. The first-order valence-electron chi connectivity index (χ1n) is 13.0. The molecule has 2 aromatic heterocycles. The van der Waals surface area contributed by atoms with Crippen LogP contribution in [-0.2, 0) is 22.0 Å². The van der Waals surface area contributed by atoms with Crippen LogP contribution in [0.15, 0.2) is 61.1 Å². The fourth-order valence-corrected chi connectivity index (χ4v) is 4.39. The number of nitrogens with two attached hydrogens (primary N) is 1. The summed E-state index contributed by atoms with van der Waals surface area (Å²) in [7, 11) is -2.24. The van der Waals surface area contributed by atoms with E-state index in [1.807, 2.05) is 32.9 Å². The molecular formula is C29H35N7O6S. The van der Waals surface area contributed by atoms with Gasteiger partial charge in [-0.25, -0.2) is 17.9 Å². The number of hydrogen-bond donors (Lipinski definition) is 4. The zero-order valence-electron chi connectivity index (χ0n) is 24.7. The summed E-state index contributed by atoms with van der Waals surface area (Å²) in [4.78, 5) is 28.2. The third-order valence-electron chi connectivity index (χ3n) is 6.09. The van der Waals surface area contributed by atoms with Crippen molar-refractivity contribution in [2.45, 2.75) is 39.7 Å². The average Bonchev–Trinajstić information content (AvgIpc) is 3.43. The number of carboxylic acid groups (broad SMARTS) is 1. The molecule has 43 heavy (non-hydrogen) atoms. The maximum Gasteiger partial charge on any atom is 0.358 e. The minimum Gasteiger partial charge on any atom is -0.492 e. The minimum absolute atomic E-state index is 0.159. The number of sulfonamides is 1. The molecule has 0 bridgehead atoms. The number of nitrogens with one attached hydrogen (secondary N) is 2. The van der Waals surface area contributed by atoms with E-state index in [4.69, 9.17) is 15.6 Å². The van der Waals surface area contributed by atoms with Gasteiger partial charge < -0.3 is 20.9 Å². The van der Waals surface area contributed by atoms with Crippen LogP contribution in [0.5, 0.6) is 5.75 Å². The van der Waals surface area contributed by atoms with E-state index in [1.54, 1.807) is 49.6 Å². The molecule has 0 saturated carbocycles. The van der Waals surface area contributed by atoms with Gasteiger partial charge in [0.1, 0.15) is 0 Å². The van der Waals surface area contributed by atoms with Crippen LogP contribution >= 0.6 is 0 Å². The Balaban J connectivity index is 0.000000546. The number of ether oxygens (including phenoxy) is 1. The Labute approximate surface area is 250 Å². The molecule has 13 nitrogen and oxygen atoms in total. The molecule has 4 rings (SSSR count). The lowest BCUT2D eigenvalue weighted by atomic mass is 9.86. The van der Waals surface area contributed by atoms with E-state index in [9.17, 15) is 18.0 Å². The molecule has 0 fully saturated rings. The highest BCUT2D eigenvalue weighted by atomic mass is 32.2. The van der Waals surface area contributed by atoms with Gasteiger partial charge in [-0.05, 0) is 59.4 Å². The second-order valence-electron chi connectivity index (χ2n) is 10.6. The Bertz CT molecular complexity index is 1720. The third kappa shape index (κ3) is 8.83. The summed E-state index contributed by atoms with van der Waals surface area (Å²) < 4.78 is 33.0. The fourth-order valence-electron chi connectivity index (χ4n) is 3.84. The molecule has 1 amide bonds. The zero-order chi connectivity index (χ0) is 31.9. The maximum atomic E-state index is 13.2. The number of amides is 1. The Kier molecular flexibility index (Phi) is 10.2. The van der Waals surface area contributed by atoms with Gasteiger partial charge in [-0.2, -0.15) is 0 Å². The van der Waals surface area contributed by atoms with Crippen LogP contribution in [0, 0.1) is 6.92 Å². The lowest BCUT2D eigenvalue weighted by Gasteiger charge is -2.24. The average molecular weight is 610 g/mol. The first-order valence-corrected chi connectivity index (χ1v) is 14.9. The number of benzene rings is 2. The Hall–Kier alpha value is -4.82. The van der Waals surface area contributed by atoms with Crippen LogP contribution < -0.4 is 20.5 Å². The van der Waals surface area contributed by atoms with E-state index in [0.29, 0.717) is 12.2 Å². The molecule has 0 aliphatic carbocycles. The first-order chi connectivity index (χ1) is 20.1. The summed E-state index contributed by atoms with van der Waals surface area (Å²) in [5.74, 6) is -1.54. The molecule has 0 aliphatic heterocycles. The highest BCUT2D eigenvalue weighted by Gasteiger charge is 2.23. The van der Waals surface area contributed by atoms with Gasteiger partial charge in [0.05, 0.1) is 36.6 Å². The van der Waals surface area contributed by atoms with Crippen molar-refractivity contribution in [1.82, 2.24) is 20.0 Å². The number of anilines is 2. The molecule has 2 heterocycles. The SMILES string of the molecule is COc1c(NC(=O)c2ccc(C)c(-n3cc(C(=O)O)nn3)c2)cc(C(C)(C)C)cc1NS(C)(=O)=O.NCc1cccnc1. The summed E-state index contributed by atoms with van der Waals surface area (Å²) in [5, 5.41) is 19.4. The molecule has 228 valence electrons. The predicted molar refractivity (Wildman–Crippen MR) is 163 cm³/mol. The normalized spacial score (nSPS) is 11.2. The Morgan fingerprint density at radius 1 is 1.12 bits per heavy atom. The summed E-state index contributed by atoms with van der Waals surface area (Å²) in [6.45, 7) is 8.24. The number of rotatable bonds is 8. The second-order valence-corrected chi connectivity index (χ2v) is 12.4. The van der Waals surface area contributed by atoms with E-state index in [0.717, 1.165) is 22.9 Å². The standard InChI is InChI=1S/C23H27N5O6S.C6H8N2/c1-13-7-8-14(9-19(13)28-12-18(22(30)31)25-27-28)21(29)24-16-10-15(23(2,3)4)11-17(20(16)34-5)26-35(6,32)33;7-4-6-2-1-3-8-5-6/h7-12,26H,1-6H3,(H,24,29)(H,30,31);1-3,5H,4,7H2. The number of hydrogen-bond acceptors (Lipinski definition) is 9. The smallest absolute Gasteiger partial charge is 0.358 e. The van der Waals surface area contributed by atoms with Crippen molar-refractivity contribution in [3.05, 3.63) is 89.0 Å². The largest absolute Gasteiger partial charge is 0.492 e. The highest BCUT2D eigenvalue weighted by Crippen LogP contribution is 2.39. The fraction of sp³-hybridized carbons (Fsp3) is 0.276. The van der Waals surface area contributed by atoms with Crippen molar-refractivity contribution in [3.63, 3.8) is 0 Å². The van der Waals surface area contributed by atoms with E-state index in [-0.39, 0.29) is 33.8 Å². The molecular weight excluding hydrogens is 574 g/mol. The topological polar surface area (TPSA) is 191 Å². The number of pyridine rings is 1. The van der Waals surface area contributed by atoms with Crippen molar-refractivity contribution < 1.29 is 27.9 Å². The van der Waals surface area contributed by atoms with Gasteiger partial charge in [0.2, 0.25) is 10.0 Å². The van der Waals surface area contributed by atoms with Gasteiger partial charge >= 0.3 is 5.97 Å². The molecule has 0 atom stereocenters. The third-order valence-corrected chi connectivity index (χ3v) is 6.68. The molecule has 5 N–H and O–H groups in total. The van der Waals surface area contributed by atoms with Crippen molar-refractivity contribution in [2.75, 3.05) is 23.4 Å². The summed E-state index contributed by atoms with van der Waals surface area (Å²) in [6.07, 6.45) is 5.78. The summed E-state index contributed by atoms with van der Waals surface area (Å²) in [6, 6.07) is 12.1. The van der Waals surface area contributed by atoms with Gasteiger partial charge in [-0.3, -0.25) is 14.5 Å². The van der Waals surface area contributed by atoms with Gasteiger partial charge in [-0.15, -0.1) is 5.10 Å². The molecule has 2 aromatic carbocycles. The van der Waals surface area contributed by atoms with Crippen molar-refractivity contribution in [1.29, 1.82) is 0 Å². The number of methoxy groups -OCH3 is 1. The van der Waals surface area contributed by atoms with Crippen molar-refractivity contribution >= 4 is 33.3 Å². The number of carbonyl (C=O) groups excluding carboxylic acids is 1. The quantitative estimate of drug-likeness (QED) is 0.229. The maximum absolute atomic E-state index is 13.2. The number of aromatic carboxylic acids is 1. The van der Waals surface area contributed by atoms with Crippen LogP contribution in [-0.4, -0.2) is 58.7 Å². The summed E-state index contributed by atoms with van der Waals surface area (Å²) in [5.41, 5.74) is 8.55. The highest BCUT2D eigenvalue weighted by molar-refractivity contribution is 7.92. The van der Waals surface area contributed by atoms with Crippen LogP contribution in [0.3, 0.4) is 0 Å². The predicted octanol–water partition coefficient (Wildman–Crippen LogP) is 3.74. The molecule has 4 aromatic rings. The van der Waals surface area contributed by atoms with Gasteiger partial charge in [0.15, 0.2) is 11.4 Å². The molecule has 14 heteroatoms. The monoisotopic (exact) mass is 609 g/mol. The van der Waals surface area contributed by atoms with Gasteiger partial charge in [-0.1, -0.05) is 38.1 Å². The zero-order valence-corrected chi connectivity index (χ0v) is 25.6. The van der Waals surface area contributed by atoms with E-state index >= 15 is 0 Å². The van der Waals surface area contributed by atoms with Gasteiger partial charge in [0.25, 0.3) is 5.91 Å². The number of carboxylic acids is 1. The lowest BCUT2D eigenvalue weighted by Crippen LogP contribution is -2.18. The molecule has 0 spiro atoms. The molecule has 0 saturated heterocycles. The van der Waals surface area contributed by atoms with Crippen LogP contribution in [0.1, 0.15) is 58.3 Å². The van der Waals surface area contributed by atoms with Gasteiger partial charge in [0, 0.05) is 24.5 Å². The Morgan fingerprint density at radius 2 is 1.81 bits per heavy atom. The van der Waals surface area contributed by atoms with Crippen LogP contribution in [0.2, 0.25) is 0 Å². The molecule has 0 radical (unpaired) electrons.